The Hall–Kier alpha value is 0.110. The lowest BCUT2D eigenvalue weighted by Gasteiger charge is -2.19. The highest BCUT2D eigenvalue weighted by Gasteiger charge is 2.26. The van der Waals surface area contributed by atoms with Crippen LogP contribution >= 0.6 is 7.82 Å². The summed E-state index contributed by atoms with van der Waals surface area (Å²) in [5, 5.41) is 0. The van der Waals surface area contributed by atoms with Gasteiger partial charge in [0.15, 0.2) is 0 Å². The first-order chi connectivity index (χ1) is 12.9. The molecule has 0 fully saturated rings. The first-order valence-corrected chi connectivity index (χ1v) is 12.9. The molecule has 0 amide bonds. The quantitative estimate of drug-likeness (QED) is 0.151. The van der Waals surface area contributed by atoms with Gasteiger partial charge in [0.05, 0.1) is 19.8 Å². The molecule has 0 aliphatic heterocycles. The molecule has 0 aromatic heterocycles. The van der Waals surface area contributed by atoms with Crippen LogP contribution in [0.15, 0.2) is 0 Å². The van der Waals surface area contributed by atoms with Crippen molar-refractivity contribution >= 4 is 7.82 Å². The van der Waals surface area contributed by atoms with E-state index in [1.807, 2.05) is 0 Å². The smallest absolute Gasteiger partial charge is 0.287 e. The Morgan fingerprint density at radius 3 is 1.37 bits per heavy atom. The molecule has 0 rings (SSSR count). The summed E-state index contributed by atoms with van der Waals surface area (Å²) < 4.78 is 29.4. The van der Waals surface area contributed by atoms with E-state index in [0.717, 1.165) is 25.7 Å². The maximum atomic E-state index is 12.8. The maximum Gasteiger partial charge on any atom is 0.474 e. The molecule has 0 atom stereocenters. The van der Waals surface area contributed by atoms with E-state index in [-0.39, 0.29) is 0 Å². The number of phosphoric ester groups is 1. The van der Waals surface area contributed by atoms with E-state index in [9.17, 15) is 4.57 Å². The van der Waals surface area contributed by atoms with E-state index in [2.05, 4.69) is 34.6 Å². The minimum Gasteiger partial charge on any atom is -0.287 e. The van der Waals surface area contributed by atoms with Gasteiger partial charge in [-0.3, -0.25) is 13.6 Å². The van der Waals surface area contributed by atoms with Gasteiger partial charge in [-0.1, -0.05) is 92.4 Å². The van der Waals surface area contributed by atoms with Gasteiger partial charge in [0.1, 0.15) is 0 Å². The van der Waals surface area contributed by atoms with E-state index in [0.29, 0.717) is 31.7 Å². The summed E-state index contributed by atoms with van der Waals surface area (Å²) in [6, 6.07) is 0. The Morgan fingerprint density at radius 1 is 0.593 bits per heavy atom. The Balaban J connectivity index is 3.87. The minimum absolute atomic E-state index is 0.425. The predicted molar refractivity (Wildman–Crippen MR) is 116 cm³/mol. The van der Waals surface area contributed by atoms with E-state index < -0.39 is 7.82 Å². The molecule has 0 heterocycles. The molecule has 0 saturated heterocycles. The first-order valence-electron chi connectivity index (χ1n) is 11.4. The summed E-state index contributed by atoms with van der Waals surface area (Å²) in [5.74, 6) is 1.02. The second-order valence-corrected chi connectivity index (χ2v) is 10.2. The summed E-state index contributed by atoms with van der Waals surface area (Å²) in [6.07, 6.45) is 14.4. The molecule has 164 valence electrons. The van der Waals surface area contributed by atoms with Gasteiger partial charge in [-0.05, 0) is 31.1 Å². The SMILES string of the molecule is CCCCCCCCCCCCOP(=O)(OCCC(C)C)OCCC(C)C. The number of phosphoric acid groups is 1. The monoisotopic (exact) mass is 406 g/mol. The van der Waals surface area contributed by atoms with Crippen LogP contribution in [0.3, 0.4) is 0 Å². The molecule has 0 aromatic carbocycles. The molecule has 0 spiro atoms. The number of hydrogen-bond donors (Lipinski definition) is 0. The molecule has 0 bridgehead atoms. The second-order valence-electron chi connectivity index (χ2n) is 8.49. The highest BCUT2D eigenvalue weighted by Crippen LogP contribution is 2.50. The van der Waals surface area contributed by atoms with Crippen molar-refractivity contribution in [2.24, 2.45) is 11.8 Å². The van der Waals surface area contributed by atoms with Crippen molar-refractivity contribution in [2.75, 3.05) is 19.8 Å². The fourth-order valence-corrected chi connectivity index (χ4v) is 3.91. The van der Waals surface area contributed by atoms with E-state index in [1.165, 1.54) is 51.4 Å². The summed E-state index contributed by atoms with van der Waals surface area (Å²) in [4.78, 5) is 0. The van der Waals surface area contributed by atoms with Gasteiger partial charge in [-0.25, -0.2) is 4.57 Å². The molecule has 0 saturated carbocycles. The molecule has 5 heteroatoms. The summed E-state index contributed by atoms with van der Waals surface area (Å²) in [6.45, 7) is 12.1. The third-order valence-electron chi connectivity index (χ3n) is 4.64. The van der Waals surface area contributed by atoms with Gasteiger partial charge in [-0.2, -0.15) is 0 Å². The van der Waals surface area contributed by atoms with Crippen molar-refractivity contribution in [3.8, 4) is 0 Å². The topological polar surface area (TPSA) is 44.8 Å². The van der Waals surface area contributed by atoms with Crippen LogP contribution in [0.1, 0.15) is 112 Å². The zero-order chi connectivity index (χ0) is 20.4. The largest absolute Gasteiger partial charge is 0.474 e. The van der Waals surface area contributed by atoms with Crippen LogP contribution in [0.25, 0.3) is 0 Å². The third-order valence-corrected chi connectivity index (χ3v) is 6.13. The van der Waals surface area contributed by atoms with E-state index in [4.69, 9.17) is 13.6 Å². The summed E-state index contributed by atoms with van der Waals surface area (Å²) >= 11 is 0. The zero-order valence-electron chi connectivity index (χ0n) is 18.8. The lowest BCUT2D eigenvalue weighted by atomic mass is 10.1. The van der Waals surface area contributed by atoms with Crippen molar-refractivity contribution in [3.63, 3.8) is 0 Å². The maximum absolute atomic E-state index is 12.8. The van der Waals surface area contributed by atoms with Gasteiger partial charge in [0, 0.05) is 0 Å². The van der Waals surface area contributed by atoms with Crippen LogP contribution in [-0.2, 0) is 18.1 Å². The molecule has 4 nitrogen and oxygen atoms in total. The molecular formula is C22H47O4P. The number of unbranched alkanes of at least 4 members (excludes halogenated alkanes) is 9. The molecule has 0 aliphatic carbocycles. The van der Waals surface area contributed by atoms with Crippen molar-refractivity contribution < 1.29 is 18.1 Å². The first kappa shape index (κ1) is 27.1. The van der Waals surface area contributed by atoms with Crippen molar-refractivity contribution in [1.29, 1.82) is 0 Å². The predicted octanol–water partition coefficient (Wildman–Crippen LogP) is 8.16. The molecule has 0 N–H and O–H groups in total. The van der Waals surface area contributed by atoms with Gasteiger partial charge in [-0.15, -0.1) is 0 Å². The molecule has 0 aliphatic rings. The zero-order valence-corrected chi connectivity index (χ0v) is 19.7. The third kappa shape index (κ3) is 19.2. The number of rotatable bonds is 20. The molecular weight excluding hydrogens is 359 g/mol. The van der Waals surface area contributed by atoms with Crippen molar-refractivity contribution in [1.82, 2.24) is 0 Å². The highest BCUT2D eigenvalue weighted by molar-refractivity contribution is 7.48. The van der Waals surface area contributed by atoms with Gasteiger partial charge < -0.3 is 0 Å². The number of hydrogen-bond acceptors (Lipinski definition) is 4. The molecule has 0 aromatic rings. The Kier molecular flexibility index (Phi) is 18.2. The van der Waals surface area contributed by atoms with Gasteiger partial charge in [0.2, 0.25) is 0 Å². The van der Waals surface area contributed by atoms with Crippen LogP contribution in [0.2, 0.25) is 0 Å². The second kappa shape index (κ2) is 18.2. The van der Waals surface area contributed by atoms with E-state index in [1.54, 1.807) is 0 Å². The van der Waals surface area contributed by atoms with E-state index >= 15 is 0 Å². The van der Waals surface area contributed by atoms with Gasteiger partial charge >= 0.3 is 7.82 Å². The lowest BCUT2D eigenvalue weighted by molar-refractivity contribution is 0.104. The Bertz CT molecular complexity index is 340. The Labute approximate surface area is 169 Å². The average Bonchev–Trinajstić information content (AvgIpc) is 2.59. The van der Waals surface area contributed by atoms with Crippen LogP contribution in [-0.4, -0.2) is 19.8 Å². The molecule has 27 heavy (non-hydrogen) atoms. The van der Waals surface area contributed by atoms with Crippen LogP contribution in [0.5, 0.6) is 0 Å². The van der Waals surface area contributed by atoms with Crippen molar-refractivity contribution in [3.05, 3.63) is 0 Å². The molecule has 0 radical (unpaired) electrons. The van der Waals surface area contributed by atoms with Crippen LogP contribution < -0.4 is 0 Å². The van der Waals surface area contributed by atoms with Crippen molar-refractivity contribution in [2.45, 2.75) is 112 Å². The summed E-state index contributed by atoms with van der Waals surface area (Å²) in [5.41, 5.74) is 0. The Morgan fingerprint density at radius 2 is 0.963 bits per heavy atom. The summed E-state index contributed by atoms with van der Waals surface area (Å²) in [7, 11) is -3.41. The fourth-order valence-electron chi connectivity index (χ4n) is 2.68. The lowest BCUT2D eigenvalue weighted by Crippen LogP contribution is -2.06. The fraction of sp³-hybridized carbons (Fsp3) is 1.00. The van der Waals surface area contributed by atoms with Crippen LogP contribution in [0.4, 0.5) is 0 Å². The van der Waals surface area contributed by atoms with Crippen LogP contribution in [0, 0.1) is 11.8 Å². The average molecular weight is 407 g/mol. The minimum atomic E-state index is -3.41. The highest BCUT2D eigenvalue weighted by atomic mass is 31.2. The molecule has 0 unspecified atom stereocenters. The van der Waals surface area contributed by atoms with Gasteiger partial charge in [0.25, 0.3) is 0 Å². The normalized spacial score (nSPS) is 12.4. The standard InChI is InChI=1S/C22H47O4P/c1-6-7-8-9-10-11-12-13-14-15-18-24-27(23,25-19-16-21(2)3)26-20-17-22(4)5/h21-22H,6-20H2,1-5H3.